The molecule has 3 N–H and O–H groups in total. The number of ether oxygens (including phenoxy) is 1. The summed E-state index contributed by atoms with van der Waals surface area (Å²) in [6.45, 7) is 1.63. The number of ketones is 1. The number of aliphatic hydroxyl groups excluding tert-OH is 1. The summed E-state index contributed by atoms with van der Waals surface area (Å²) in [5, 5.41) is 21.7. The molecular formula is C24H21N3O8S. The molecule has 186 valence electrons. The molecule has 2 heterocycles. The summed E-state index contributed by atoms with van der Waals surface area (Å²) in [5.74, 6) is -4.46. The molecule has 0 radical (unpaired) electrons. The van der Waals surface area contributed by atoms with E-state index in [2.05, 4.69) is 15.0 Å². The van der Waals surface area contributed by atoms with Crippen LogP contribution in [0.1, 0.15) is 18.5 Å². The number of carbonyl (C=O) groups excluding carboxylic acids is 4. The fraction of sp³-hybridized carbons (Fsp3) is 0.250. The number of carboxylic acids is 1. The molecule has 1 fully saturated rings. The zero-order chi connectivity index (χ0) is 26.1. The highest BCUT2D eigenvalue weighted by Crippen LogP contribution is 2.40. The molecule has 1 aromatic carbocycles. The van der Waals surface area contributed by atoms with Crippen LogP contribution in [0.5, 0.6) is 0 Å². The van der Waals surface area contributed by atoms with Gasteiger partial charge in [-0.1, -0.05) is 30.3 Å². The van der Waals surface area contributed by atoms with Gasteiger partial charge in [0.25, 0.3) is 5.91 Å². The number of carboxylic acid groups (broad SMARTS) is 1. The largest absolute Gasteiger partial charge is 0.507 e. The maximum Gasteiger partial charge on any atom is 0.352 e. The van der Waals surface area contributed by atoms with Crippen LogP contribution in [0.4, 0.5) is 0 Å². The van der Waals surface area contributed by atoms with E-state index in [4.69, 9.17) is 0 Å². The van der Waals surface area contributed by atoms with E-state index in [0.29, 0.717) is 16.9 Å². The van der Waals surface area contributed by atoms with Crippen LogP contribution in [0.15, 0.2) is 70.1 Å². The highest BCUT2D eigenvalue weighted by Gasteiger charge is 2.54. The van der Waals surface area contributed by atoms with Crippen LogP contribution >= 0.6 is 11.8 Å². The molecule has 11 nitrogen and oxygen atoms in total. The second kappa shape index (κ2) is 9.82. The predicted octanol–water partition coefficient (Wildman–Crippen LogP) is 1.05. The molecule has 0 unspecified atom stereocenters. The summed E-state index contributed by atoms with van der Waals surface area (Å²) in [5.41, 5.74) is -0.154. The molecule has 1 aliphatic carbocycles. The first-order valence-electron chi connectivity index (χ1n) is 10.7. The van der Waals surface area contributed by atoms with E-state index in [1.165, 1.54) is 11.8 Å². The molecule has 1 aromatic rings. The molecule has 36 heavy (non-hydrogen) atoms. The van der Waals surface area contributed by atoms with Gasteiger partial charge < -0.3 is 20.3 Å². The lowest BCUT2D eigenvalue weighted by Gasteiger charge is -2.49. The fourth-order valence-corrected chi connectivity index (χ4v) is 5.34. The number of methoxy groups -OCH3 is 1. The van der Waals surface area contributed by atoms with E-state index in [1.54, 1.807) is 37.3 Å². The molecule has 0 saturated carbocycles. The molecule has 2 amide bonds. The number of hydrogen-bond acceptors (Lipinski definition) is 9. The van der Waals surface area contributed by atoms with Gasteiger partial charge in [0.2, 0.25) is 11.7 Å². The van der Waals surface area contributed by atoms with Crippen molar-refractivity contribution in [3.8, 4) is 0 Å². The maximum absolute atomic E-state index is 13.4. The van der Waals surface area contributed by atoms with Crippen molar-refractivity contribution in [3.63, 3.8) is 0 Å². The van der Waals surface area contributed by atoms with E-state index < -0.39 is 64.0 Å². The van der Waals surface area contributed by atoms with Crippen molar-refractivity contribution in [1.29, 1.82) is 0 Å². The van der Waals surface area contributed by atoms with E-state index >= 15 is 0 Å². The number of carbonyl (C=O) groups is 5. The summed E-state index contributed by atoms with van der Waals surface area (Å²) in [6, 6.07) is 5.78. The van der Waals surface area contributed by atoms with E-state index in [-0.39, 0.29) is 5.70 Å². The summed E-state index contributed by atoms with van der Waals surface area (Å²) in [4.78, 5) is 68.1. The van der Waals surface area contributed by atoms with Gasteiger partial charge in [0, 0.05) is 5.75 Å². The summed E-state index contributed by atoms with van der Waals surface area (Å²) < 4.78 is 4.66. The fourth-order valence-electron chi connectivity index (χ4n) is 4.05. The van der Waals surface area contributed by atoms with Crippen LogP contribution < -0.4 is 5.32 Å². The lowest BCUT2D eigenvalue weighted by Crippen LogP contribution is -2.70. The van der Waals surface area contributed by atoms with Crippen molar-refractivity contribution in [2.45, 2.75) is 24.4 Å². The number of nitrogens with zero attached hydrogens (tertiary/aromatic N) is 2. The van der Waals surface area contributed by atoms with Gasteiger partial charge in [0.15, 0.2) is 6.04 Å². The van der Waals surface area contributed by atoms with Crippen molar-refractivity contribution >= 4 is 47.0 Å². The van der Waals surface area contributed by atoms with Crippen LogP contribution in [0.3, 0.4) is 0 Å². The average Bonchev–Trinajstić information content (AvgIpc) is 2.87. The minimum Gasteiger partial charge on any atom is -0.507 e. The van der Waals surface area contributed by atoms with Gasteiger partial charge in [-0.25, -0.2) is 9.59 Å². The second-order valence-corrected chi connectivity index (χ2v) is 9.18. The Morgan fingerprint density at radius 3 is 2.53 bits per heavy atom. The van der Waals surface area contributed by atoms with Crippen molar-refractivity contribution in [2.75, 3.05) is 12.9 Å². The van der Waals surface area contributed by atoms with Crippen molar-refractivity contribution in [2.24, 2.45) is 4.99 Å². The monoisotopic (exact) mass is 511 g/mol. The Morgan fingerprint density at radius 2 is 1.89 bits per heavy atom. The lowest BCUT2D eigenvalue weighted by atomic mass is 9.97. The first kappa shape index (κ1) is 24.9. The molecule has 0 bridgehead atoms. The molecule has 4 rings (SSSR count). The van der Waals surface area contributed by atoms with Gasteiger partial charge in [0.1, 0.15) is 34.2 Å². The highest BCUT2D eigenvalue weighted by molar-refractivity contribution is 8.00. The number of aliphatic imine (C=N–C) groups is 1. The summed E-state index contributed by atoms with van der Waals surface area (Å²) >= 11 is 1.32. The number of aliphatic hydroxyl groups is 1. The minimum absolute atomic E-state index is 0.1000. The Hall–Kier alpha value is -4.19. The maximum atomic E-state index is 13.4. The third kappa shape index (κ3) is 4.31. The number of fused-ring (bicyclic) bond motifs is 1. The standard InChI is InChI=1S/C24H21N3O8S/c1-11-10-36-22-18(21(31)27(22)19(11)23(32)33)26-20(30)16(12-6-4-3-5-7-12)25-17-14(29)9-8-13(28)15(17)24(34)35-2/h3-9,16,18,22,28H,10H2,1-2H3,(H,26,30)(H,32,33)/t16-,18-,22-/m1/s1. The summed E-state index contributed by atoms with van der Waals surface area (Å²) in [7, 11) is 1.07. The third-order valence-electron chi connectivity index (χ3n) is 5.79. The quantitative estimate of drug-likeness (QED) is 0.288. The Bertz CT molecular complexity index is 1300. The second-order valence-electron chi connectivity index (χ2n) is 8.07. The number of thioether (sulfide) groups is 1. The van der Waals surface area contributed by atoms with Gasteiger partial charge >= 0.3 is 11.9 Å². The van der Waals surface area contributed by atoms with Gasteiger partial charge in [-0.05, 0) is 30.2 Å². The van der Waals surface area contributed by atoms with Crippen LogP contribution in [0.2, 0.25) is 0 Å². The van der Waals surface area contributed by atoms with Gasteiger partial charge in [0.05, 0.1) is 7.11 Å². The molecule has 12 heteroatoms. The van der Waals surface area contributed by atoms with E-state index in [9.17, 15) is 34.2 Å². The van der Waals surface area contributed by atoms with Crippen molar-refractivity contribution in [1.82, 2.24) is 10.2 Å². The Kier molecular flexibility index (Phi) is 6.80. The molecule has 3 aliphatic rings. The number of benzene rings is 1. The third-order valence-corrected chi connectivity index (χ3v) is 7.21. The van der Waals surface area contributed by atoms with Crippen LogP contribution in [-0.4, -0.2) is 74.6 Å². The van der Waals surface area contributed by atoms with Crippen LogP contribution in [0.25, 0.3) is 0 Å². The number of nitrogens with one attached hydrogen (secondary N) is 1. The lowest BCUT2D eigenvalue weighted by molar-refractivity contribution is -0.150. The Balaban J connectivity index is 1.67. The number of hydrogen-bond donors (Lipinski definition) is 3. The number of rotatable bonds is 6. The molecular weight excluding hydrogens is 490 g/mol. The zero-order valence-corrected chi connectivity index (χ0v) is 19.9. The Morgan fingerprint density at radius 1 is 1.19 bits per heavy atom. The van der Waals surface area contributed by atoms with Crippen LogP contribution in [0, 0.1) is 0 Å². The highest BCUT2D eigenvalue weighted by atomic mass is 32.2. The topological polar surface area (TPSA) is 163 Å². The predicted molar refractivity (Wildman–Crippen MR) is 128 cm³/mol. The Labute approximate surface area is 209 Å². The molecule has 0 spiro atoms. The summed E-state index contributed by atoms with van der Waals surface area (Å²) in [6.07, 6.45) is 2.04. The first-order valence-corrected chi connectivity index (χ1v) is 11.8. The minimum atomic E-state index is -1.37. The number of allylic oxidation sites excluding steroid dienone is 2. The number of aliphatic carboxylic acids is 1. The van der Waals surface area contributed by atoms with Gasteiger partial charge in [-0.3, -0.25) is 24.3 Å². The zero-order valence-electron chi connectivity index (χ0n) is 19.1. The molecule has 1 saturated heterocycles. The van der Waals surface area contributed by atoms with Gasteiger partial charge in [-0.2, -0.15) is 0 Å². The van der Waals surface area contributed by atoms with E-state index in [0.717, 1.165) is 24.2 Å². The number of esters is 1. The van der Waals surface area contributed by atoms with E-state index in [1.807, 2.05) is 0 Å². The van der Waals surface area contributed by atoms with Gasteiger partial charge in [-0.15, -0.1) is 11.8 Å². The number of amides is 2. The molecule has 0 aromatic heterocycles. The average molecular weight is 512 g/mol. The number of β-lactam (4-membered cyclic amide) rings is 1. The first-order chi connectivity index (χ1) is 17.1. The SMILES string of the molecule is COC(=O)C1=C(O)C=CC(=O)C1=N[C@@H](C(=O)N[C@@H]1C(=O)N2C(C(=O)O)=C(C)CS[C@H]12)c1ccccc1. The van der Waals surface area contributed by atoms with Crippen molar-refractivity contribution in [3.05, 3.63) is 70.6 Å². The smallest absolute Gasteiger partial charge is 0.352 e. The normalized spacial score (nSPS) is 23.3. The van der Waals surface area contributed by atoms with Crippen LogP contribution in [-0.2, 0) is 28.7 Å². The van der Waals surface area contributed by atoms with Crippen molar-refractivity contribution < 1.29 is 38.9 Å². The molecule has 2 aliphatic heterocycles. The molecule has 3 atom stereocenters.